The molecule has 246 valence electrons. The van der Waals surface area contributed by atoms with E-state index in [9.17, 15) is 9.59 Å². The van der Waals surface area contributed by atoms with E-state index in [1.165, 1.54) is 6.20 Å². The number of ether oxygens (including phenoxy) is 4. The van der Waals surface area contributed by atoms with Crippen LogP contribution in [0, 0.1) is 0 Å². The minimum Gasteiger partial charge on any atom is -0.457 e. The molecule has 0 spiro atoms. The van der Waals surface area contributed by atoms with E-state index >= 15 is 0 Å². The number of benzene rings is 3. The number of hydrogen-bond donors (Lipinski definition) is 0. The van der Waals surface area contributed by atoms with Crippen LogP contribution in [-0.2, 0) is 32.2 Å². The van der Waals surface area contributed by atoms with Crippen LogP contribution in [0.25, 0.3) is 22.5 Å². The van der Waals surface area contributed by atoms with Crippen LogP contribution in [0.15, 0.2) is 103 Å². The highest BCUT2D eigenvalue weighted by Gasteiger charge is 2.22. The fraction of sp³-hybridized carbons (Fsp3) is 0.216. The summed E-state index contributed by atoms with van der Waals surface area (Å²) in [5, 5.41) is 0.139. The van der Waals surface area contributed by atoms with Crippen molar-refractivity contribution in [2.45, 2.75) is 13.2 Å². The Morgan fingerprint density at radius 3 is 1.77 bits per heavy atom. The third-order valence-corrected chi connectivity index (χ3v) is 7.59. The van der Waals surface area contributed by atoms with Crippen molar-refractivity contribution >= 4 is 29.4 Å². The van der Waals surface area contributed by atoms with Crippen molar-refractivity contribution in [3.8, 4) is 22.5 Å². The molecule has 0 bridgehead atoms. The van der Waals surface area contributed by atoms with Gasteiger partial charge in [-0.05, 0) is 35.4 Å². The second-order valence-corrected chi connectivity index (χ2v) is 11.0. The molecule has 0 saturated heterocycles. The molecule has 5 aromatic rings. The number of methoxy groups -OCH3 is 2. The van der Waals surface area contributed by atoms with Crippen LogP contribution in [0.1, 0.15) is 32.0 Å². The molecule has 0 saturated carbocycles. The number of hydrogen-bond acceptors (Lipinski definition) is 10. The average Bonchev–Trinajstić information content (AvgIpc) is 3.14. The third kappa shape index (κ3) is 9.01. The summed E-state index contributed by atoms with van der Waals surface area (Å²) in [5.41, 5.74) is 4.48. The van der Waals surface area contributed by atoms with Gasteiger partial charge in [0.1, 0.15) is 30.3 Å². The molecule has 0 unspecified atom stereocenters. The molecule has 2 aromatic heterocycles. The van der Waals surface area contributed by atoms with Crippen molar-refractivity contribution < 1.29 is 28.5 Å². The van der Waals surface area contributed by atoms with Gasteiger partial charge in [-0.3, -0.25) is 0 Å². The van der Waals surface area contributed by atoms with Crippen LogP contribution < -0.4 is 4.90 Å². The van der Waals surface area contributed by atoms with Gasteiger partial charge in [-0.1, -0.05) is 84.4 Å². The standard InChI is InChI=1S/C37H35ClN4O6/c1-45-21-19-42(20-22-46-2)35-33(28-13-15-29(16-14-28)36(43)47-24-26-9-5-3-6-10-26)40-34(38)32(41-35)30-17-18-31(39-23-30)37(44)48-25-27-11-7-4-8-12-27/h3-18,23H,19-22,24-25H2,1-2H3. The highest BCUT2D eigenvalue weighted by atomic mass is 35.5. The van der Waals surface area contributed by atoms with Gasteiger partial charge >= 0.3 is 11.9 Å². The summed E-state index contributed by atoms with van der Waals surface area (Å²) in [4.78, 5) is 41.5. The van der Waals surface area contributed by atoms with Gasteiger partial charge in [0.2, 0.25) is 0 Å². The summed E-state index contributed by atoms with van der Waals surface area (Å²) in [5.74, 6) is -0.447. The Balaban J connectivity index is 1.41. The number of anilines is 1. The SMILES string of the molecule is COCCN(CCOC)c1nc(-c2ccc(C(=O)OCc3ccccc3)nc2)c(Cl)nc1-c1ccc(C(=O)OCc2ccccc2)cc1. The molecule has 0 N–H and O–H groups in total. The number of rotatable bonds is 15. The molecule has 2 heterocycles. The summed E-state index contributed by atoms with van der Waals surface area (Å²) in [7, 11) is 3.25. The average molecular weight is 667 g/mol. The van der Waals surface area contributed by atoms with E-state index < -0.39 is 11.9 Å². The van der Waals surface area contributed by atoms with Crippen LogP contribution in [0.3, 0.4) is 0 Å². The second kappa shape index (κ2) is 17.1. The molecule has 0 aliphatic carbocycles. The maximum atomic E-state index is 12.8. The summed E-state index contributed by atoms with van der Waals surface area (Å²) >= 11 is 6.77. The number of carbonyl (C=O) groups excluding carboxylic acids is 2. The van der Waals surface area contributed by atoms with E-state index in [0.29, 0.717) is 60.2 Å². The normalized spacial score (nSPS) is 10.8. The van der Waals surface area contributed by atoms with Crippen molar-refractivity contribution in [1.29, 1.82) is 0 Å². The number of esters is 2. The number of halogens is 1. The predicted octanol–water partition coefficient (Wildman–Crippen LogP) is 6.67. The Hall–Kier alpha value is -5.16. The largest absolute Gasteiger partial charge is 0.457 e. The van der Waals surface area contributed by atoms with E-state index in [-0.39, 0.29) is 24.1 Å². The topological polar surface area (TPSA) is 113 Å². The maximum absolute atomic E-state index is 12.8. The number of aromatic nitrogens is 3. The van der Waals surface area contributed by atoms with E-state index in [0.717, 1.165) is 11.1 Å². The van der Waals surface area contributed by atoms with Crippen molar-refractivity contribution in [3.05, 3.63) is 131 Å². The molecule has 0 radical (unpaired) electrons. The van der Waals surface area contributed by atoms with Gasteiger partial charge in [0.25, 0.3) is 0 Å². The Morgan fingerprint density at radius 2 is 1.23 bits per heavy atom. The first-order valence-electron chi connectivity index (χ1n) is 15.3. The molecule has 0 fully saturated rings. The Bertz CT molecular complexity index is 1780. The molecule has 0 aliphatic rings. The van der Waals surface area contributed by atoms with E-state index in [4.69, 9.17) is 40.5 Å². The fourth-order valence-electron chi connectivity index (χ4n) is 4.75. The molecule has 3 aromatic carbocycles. The highest BCUT2D eigenvalue weighted by molar-refractivity contribution is 6.32. The summed E-state index contributed by atoms with van der Waals surface area (Å²) < 4.78 is 21.7. The van der Waals surface area contributed by atoms with Crippen LogP contribution in [-0.4, -0.2) is 67.4 Å². The van der Waals surface area contributed by atoms with Gasteiger partial charge in [-0.15, -0.1) is 0 Å². The lowest BCUT2D eigenvalue weighted by Crippen LogP contribution is -2.32. The first kappa shape index (κ1) is 34.2. The lowest BCUT2D eigenvalue weighted by molar-refractivity contribution is 0.0460. The molecular formula is C37H35ClN4O6. The summed E-state index contributed by atoms with van der Waals surface area (Å²) in [6.07, 6.45) is 1.52. The highest BCUT2D eigenvalue weighted by Crippen LogP contribution is 2.34. The smallest absolute Gasteiger partial charge is 0.357 e. The van der Waals surface area contributed by atoms with Crippen molar-refractivity contribution in [2.24, 2.45) is 0 Å². The zero-order chi connectivity index (χ0) is 33.7. The molecule has 5 rings (SSSR count). The third-order valence-electron chi connectivity index (χ3n) is 7.33. The quantitative estimate of drug-likeness (QED) is 0.112. The minimum atomic E-state index is -0.545. The summed E-state index contributed by atoms with van der Waals surface area (Å²) in [6, 6.07) is 29.1. The molecular weight excluding hydrogens is 632 g/mol. The zero-order valence-electron chi connectivity index (χ0n) is 26.7. The monoisotopic (exact) mass is 666 g/mol. The Kier molecular flexibility index (Phi) is 12.2. The minimum absolute atomic E-state index is 0.139. The van der Waals surface area contributed by atoms with Gasteiger partial charge in [-0.2, -0.15) is 0 Å². The van der Waals surface area contributed by atoms with Crippen molar-refractivity contribution in [3.63, 3.8) is 0 Å². The first-order chi connectivity index (χ1) is 23.5. The van der Waals surface area contributed by atoms with Crippen molar-refractivity contribution in [1.82, 2.24) is 15.0 Å². The molecule has 10 nitrogen and oxygen atoms in total. The molecule has 48 heavy (non-hydrogen) atoms. The predicted molar refractivity (Wildman–Crippen MR) is 183 cm³/mol. The van der Waals surface area contributed by atoms with Gasteiger partial charge in [0.15, 0.2) is 11.0 Å². The van der Waals surface area contributed by atoms with Gasteiger partial charge in [0.05, 0.1) is 18.8 Å². The fourth-order valence-corrected chi connectivity index (χ4v) is 4.99. The Morgan fingerprint density at radius 1 is 0.667 bits per heavy atom. The maximum Gasteiger partial charge on any atom is 0.357 e. The lowest BCUT2D eigenvalue weighted by Gasteiger charge is -2.26. The number of carbonyl (C=O) groups is 2. The van der Waals surface area contributed by atoms with Crippen LogP contribution in [0.2, 0.25) is 5.15 Å². The zero-order valence-corrected chi connectivity index (χ0v) is 27.4. The van der Waals surface area contributed by atoms with Gasteiger partial charge < -0.3 is 23.8 Å². The number of pyridine rings is 1. The summed E-state index contributed by atoms with van der Waals surface area (Å²) in [6.45, 7) is 2.16. The van der Waals surface area contributed by atoms with E-state index in [2.05, 4.69) is 4.98 Å². The molecule has 11 heteroatoms. The van der Waals surface area contributed by atoms with Crippen LogP contribution >= 0.6 is 11.6 Å². The molecule has 0 amide bonds. The van der Waals surface area contributed by atoms with Crippen molar-refractivity contribution in [2.75, 3.05) is 45.4 Å². The molecule has 0 atom stereocenters. The number of nitrogens with zero attached hydrogens (tertiary/aromatic N) is 4. The van der Waals surface area contributed by atoms with E-state index in [1.54, 1.807) is 50.6 Å². The van der Waals surface area contributed by atoms with Crippen LogP contribution in [0.5, 0.6) is 0 Å². The first-order valence-corrected chi connectivity index (χ1v) is 15.6. The Labute approximate surface area is 284 Å². The van der Waals surface area contributed by atoms with Crippen LogP contribution in [0.4, 0.5) is 5.82 Å². The van der Waals surface area contributed by atoms with E-state index in [1.807, 2.05) is 65.6 Å². The second-order valence-electron chi connectivity index (χ2n) is 10.6. The molecule has 0 aliphatic heterocycles. The van der Waals surface area contributed by atoms with Gasteiger partial charge in [0, 0.05) is 44.6 Å². The van der Waals surface area contributed by atoms with Gasteiger partial charge in [-0.25, -0.2) is 24.5 Å². The lowest BCUT2D eigenvalue weighted by atomic mass is 10.1.